The maximum absolute atomic E-state index is 14.2. The minimum Gasteiger partial charge on any atom is -0.455 e. The molecule has 2 unspecified atom stereocenters. The van der Waals surface area contributed by atoms with Crippen LogP contribution < -0.4 is 0 Å². The predicted octanol–water partition coefficient (Wildman–Crippen LogP) is 5.48. The standard InChI is InChI=1S/C38H54O10Si/c1-10-28-44-30-29-22(5)25(40)20-38(42,35(29,7)8)33(46-34(41)24-17-15-14-16-18-24)31-36(9,32(30)45-28)26(48-49(11-2,12-3)13-4)19-27-37(31,21-43-27)47-23(6)39/h10,14-18,25-28,30-33,40,42H,1,11-13,19-21H2,2-9H3/t25-,26-,27?,28?,30+,31-,32+,33-,36+,37-,38+/m0/s1. The second-order valence-corrected chi connectivity index (χ2v) is 20.3. The molecule has 0 aromatic heterocycles. The second kappa shape index (κ2) is 12.7. The number of esters is 2. The van der Waals surface area contributed by atoms with Crippen molar-refractivity contribution in [2.24, 2.45) is 16.7 Å². The lowest BCUT2D eigenvalue weighted by molar-refractivity contribution is -0.360. The average molecular weight is 699 g/mol. The van der Waals surface area contributed by atoms with Gasteiger partial charge in [0.15, 0.2) is 20.2 Å². The fourth-order valence-electron chi connectivity index (χ4n) is 10.1. The highest BCUT2D eigenvalue weighted by Gasteiger charge is 2.79. The van der Waals surface area contributed by atoms with Crippen LogP contribution in [0.5, 0.6) is 0 Å². The van der Waals surface area contributed by atoms with Crippen molar-refractivity contribution in [3.63, 3.8) is 0 Å². The number of ether oxygens (including phenoxy) is 5. The largest absolute Gasteiger partial charge is 0.455 e. The Kier molecular flexibility index (Phi) is 9.42. The van der Waals surface area contributed by atoms with E-state index in [1.807, 2.05) is 26.8 Å². The molecule has 1 aromatic rings. The van der Waals surface area contributed by atoms with Crippen LogP contribution >= 0.6 is 0 Å². The Morgan fingerprint density at radius 1 is 1.08 bits per heavy atom. The molecule has 0 radical (unpaired) electrons. The fraction of sp³-hybridized carbons (Fsp3) is 0.684. The van der Waals surface area contributed by atoms with Crippen molar-refractivity contribution >= 4 is 20.3 Å². The van der Waals surface area contributed by atoms with E-state index in [0.29, 0.717) is 23.1 Å². The molecule has 6 rings (SSSR count). The van der Waals surface area contributed by atoms with E-state index in [4.69, 9.17) is 28.1 Å². The van der Waals surface area contributed by atoms with E-state index >= 15 is 0 Å². The first kappa shape index (κ1) is 36.4. The number of hydrogen-bond donors (Lipinski definition) is 2. The fourth-order valence-corrected chi connectivity index (χ4v) is 13.0. The van der Waals surface area contributed by atoms with E-state index < -0.39 is 91.1 Å². The molecule has 11 atom stereocenters. The lowest BCUT2D eigenvalue weighted by Gasteiger charge is -2.69. The first-order valence-electron chi connectivity index (χ1n) is 17.9. The molecule has 2 N–H and O–H groups in total. The third kappa shape index (κ3) is 5.25. The third-order valence-electron chi connectivity index (χ3n) is 13.2. The first-order chi connectivity index (χ1) is 23.1. The number of carbonyl (C=O) groups is 2. The van der Waals surface area contributed by atoms with Crippen LogP contribution in [0.4, 0.5) is 0 Å². The Morgan fingerprint density at radius 3 is 2.29 bits per heavy atom. The molecule has 0 spiro atoms. The lowest BCUT2D eigenvalue weighted by atomic mass is 9.44. The Morgan fingerprint density at radius 2 is 1.73 bits per heavy atom. The Labute approximate surface area is 291 Å². The molecule has 2 aliphatic heterocycles. The predicted molar refractivity (Wildman–Crippen MR) is 184 cm³/mol. The molecule has 5 aliphatic rings. The van der Waals surface area contributed by atoms with E-state index in [0.717, 1.165) is 18.1 Å². The van der Waals surface area contributed by atoms with Gasteiger partial charge in [-0.2, -0.15) is 0 Å². The van der Waals surface area contributed by atoms with Gasteiger partial charge >= 0.3 is 11.9 Å². The van der Waals surface area contributed by atoms with E-state index in [1.54, 1.807) is 30.3 Å². The molecule has 10 nitrogen and oxygen atoms in total. The average Bonchev–Trinajstić information content (AvgIpc) is 3.50. The summed E-state index contributed by atoms with van der Waals surface area (Å²) in [7, 11) is -2.32. The summed E-state index contributed by atoms with van der Waals surface area (Å²) < 4.78 is 40.2. The highest BCUT2D eigenvalue weighted by molar-refractivity contribution is 6.73. The number of hydrogen-bond acceptors (Lipinski definition) is 10. The summed E-state index contributed by atoms with van der Waals surface area (Å²) in [5.74, 6) is -2.05. The van der Waals surface area contributed by atoms with Crippen LogP contribution in [0.3, 0.4) is 0 Å². The van der Waals surface area contributed by atoms with Crippen LogP contribution in [0.15, 0.2) is 54.1 Å². The van der Waals surface area contributed by atoms with Crippen molar-refractivity contribution in [2.45, 2.75) is 140 Å². The molecule has 4 fully saturated rings. The minimum atomic E-state index is -2.32. The smallest absolute Gasteiger partial charge is 0.338 e. The zero-order valence-electron chi connectivity index (χ0n) is 30.2. The number of aliphatic hydroxyl groups is 2. The molecule has 2 saturated carbocycles. The molecular formula is C38H54O10Si. The maximum atomic E-state index is 14.2. The van der Waals surface area contributed by atoms with E-state index in [-0.39, 0.29) is 13.0 Å². The van der Waals surface area contributed by atoms with Gasteiger partial charge in [0.05, 0.1) is 36.4 Å². The number of benzene rings is 1. The Balaban J connectivity index is 1.68. The van der Waals surface area contributed by atoms with Gasteiger partial charge in [-0.15, -0.1) is 0 Å². The van der Waals surface area contributed by atoms with Gasteiger partial charge in [-0.05, 0) is 54.4 Å². The molecule has 11 heteroatoms. The number of aliphatic hydroxyl groups excluding tert-OH is 1. The zero-order valence-corrected chi connectivity index (χ0v) is 31.2. The number of rotatable bonds is 9. The van der Waals surface area contributed by atoms with Gasteiger partial charge in [0.1, 0.15) is 23.9 Å². The van der Waals surface area contributed by atoms with E-state index in [9.17, 15) is 19.8 Å². The second-order valence-electron chi connectivity index (χ2n) is 15.6. The lowest BCUT2D eigenvalue weighted by Crippen LogP contribution is -2.82. The quantitative estimate of drug-likeness (QED) is 0.194. The van der Waals surface area contributed by atoms with Gasteiger partial charge in [0, 0.05) is 30.6 Å². The van der Waals surface area contributed by atoms with Crippen molar-refractivity contribution in [3.8, 4) is 0 Å². The van der Waals surface area contributed by atoms with E-state index in [1.165, 1.54) is 6.92 Å². The molecule has 270 valence electrons. The Bertz CT molecular complexity index is 1480. The van der Waals surface area contributed by atoms with Crippen LogP contribution in [-0.2, 0) is 32.9 Å². The minimum absolute atomic E-state index is 0.0332. The van der Waals surface area contributed by atoms with Crippen molar-refractivity contribution in [2.75, 3.05) is 6.61 Å². The summed E-state index contributed by atoms with van der Waals surface area (Å²) in [6, 6.07) is 11.3. The molecule has 2 saturated heterocycles. The highest BCUT2D eigenvalue weighted by atomic mass is 28.4. The van der Waals surface area contributed by atoms with Crippen molar-refractivity contribution in [1.82, 2.24) is 0 Å². The van der Waals surface area contributed by atoms with Crippen LogP contribution in [-0.4, -0.2) is 91.2 Å². The Hall–Kier alpha value is -2.38. The summed E-state index contributed by atoms with van der Waals surface area (Å²) in [6.07, 6.45) is -3.85. The molecular weight excluding hydrogens is 644 g/mol. The van der Waals surface area contributed by atoms with Crippen LogP contribution in [0.1, 0.15) is 78.6 Å². The first-order valence-corrected chi connectivity index (χ1v) is 20.4. The SMILES string of the molecule is C=CC1O[C@@H]2C3=C(C)[C@@H](O)C[C@@](O)([C@@H](OC(=O)c4ccccc4)[C@H]4[C@@](C)([C@@H](O[Si](CC)(CC)CC)CC5OC[C@]54OC(C)=O)[C@@H]2O1)C3(C)C. The van der Waals surface area contributed by atoms with Crippen molar-refractivity contribution in [1.29, 1.82) is 0 Å². The summed E-state index contributed by atoms with van der Waals surface area (Å²) in [6.45, 7) is 19.6. The van der Waals surface area contributed by atoms with Crippen LogP contribution in [0.2, 0.25) is 18.1 Å². The monoisotopic (exact) mass is 698 g/mol. The zero-order chi connectivity index (χ0) is 35.7. The van der Waals surface area contributed by atoms with Crippen molar-refractivity contribution in [3.05, 3.63) is 59.7 Å². The molecule has 2 heterocycles. The molecule has 2 bridgehead atoms. The van der Waals surface area contributed by atoms with Gasteiger partial charge in [0.2, 0.25) is 0 Å². The van der Waals surface area contributed by atoms with Gasteiger partial charge in [-0.25, -0.2) is 4.79 Å². The van der Waals surface area contributed by atoms with Gasteiger partial charge < -0.3 is 38.3 Å². The molecule has 1 aromatic carbocycles. The third-order valence-corrected chi connectivity index (χ3v) is 17.8. The van der Waals surface area contributed by atoms with E-state index in [2.05, 4.69) is 34.3 Å². The summed E-state index contributed by atoms with van der Waals surface area (Å²) in [4.78, 5) is 27.3. The van der Waals surface area contributed by atoms with Crippen LogP contribution in [0, 0.1) is 16.7 Å². The highest BCUT2D eigenvalue weighted by Crippen LogP contribution is 2.67. The summed E-state index contributed by atoms with van der Waals surface area (Å²) in [5, 5.41) is 25.1. The maximum Gasteiger partial charge on any atom is 0.338 e. The number of fused-ring (bicyclic) bond motifs is 8. The van der Waals surface area contributed by atoms with Gasteiger partial charge in [-0.3, -0.25) is 4.79 Å². The summed E-state index contributed by atoms with van der Waals surface area (Å²) >= 11 is 0. The number of carbonyl (C=O) groups excluding carboxylic acids is 2. The van der Waals surface area contributed by atoms with Gasteiger partial charge in [0.25, 0.3) is 0 Å². The molecule has 3 aliphatic carbocycles. The topological polar surface area (TPSA) is 130 Å². The van der Waals surface area contributed by atoms with Gasteiger partial charge in [-0.1, -0.05) is 66.3 Å². The summed E-state index contributed by atoms with van der Waals surface area (Å²) in [5.41, 5.74) is -3.66. The van der Waals surface area contributed by atoms with Crippen LogP contribution in [0.25, 0.3) is 0 Å². The van der Waals surface area contributed by atoms with Crippen molar-refractivity contribution < 1.29 is 47.9 Å². The molecule has 49 heavy (non-hydrogen) atoms. The normalized spacial score (nSPS) is 40.9. The molecule has 0 amide bonds.